The van der Waals surface area contributed by atoms with Crippen LogP contribution in [0.5, 0.6) is 0 Å². The molecule has 0 bridgehead atoms. The minimum atomic E-state index is 0.102. The Bertz CT molecular complexity index is 725. The van der Waals surface area contributed by atoms with Gasteiger partial charge in [-0.15, -0.1) is 11.3 Å². The van der Waals surface area contributed by atoms with Gasteiger partial charge in [-0.25, -0.2) is 0 Å². The summed E-state index contributed by atoms with van der Waals surface area (Å²) < 4.78 is 0. The van der Waals surface area contributed by atoms with Crippen molar-refractivity contribution in [1.29, 1.82) is 0 Å². The van der Waals surface area contributed by atoms with Gasteiger partial charge in [0.25, 0.3) is 0 Å². The topological polar surface area (TPSA) is 32.3 Å². The van der Waals surface area contributed by atoms with Gasteiger partial charge in [-0.1, -0.05) is 13.8 Å². The summed E-state index contributed by atoms with van der Waals surface area (Å²) in [5, 5.41) is 5.29. The molecule has 1 aliphatic heterocycles. The molecule has 1 aromatic carbocycles. The summed E-state index contributed by atoms with van der Waals surface area (Å²) >= 11 is 1.87. The molecule has 1 aliphatic rings. The molecule has 2 heterocycles. The quantitative estimate of drug-likeness (QED) is 0.856. The first-order valence-corrected chi connectivity index (χ1v) is 9.53. The molecule has 0 saturated carbocycles. The van der Waals surface area contributed by atoms with Crippen molar-refractivity contribution in [3.63, 3.8) is 0 Å². The first-order chi connectivity index (χ1) is 11.4. The lowest BCUT2D eigenvalue weighted by atomic mass is 10.0. The molecule has 128 valence electrons. The highest BCUT2D eigenvalue weighted by molar-refractivity contribution is 7.10. The van der Waals surface area contributed by atoms with Gasteiger partial charge >= 0.3 is 0 Å². The van der Waals surface area contributed by atoms with Crippen LogP contribution >= 0.6 is 11.3 Å². The molecule has 0 aliphatic carbocycles. The number of amides is 1. The summed E-state index contributed by atoms with van der Waals surface area (Å²) in [6, 6.07) is 6.65. The van der Waals surface area contributed by atoms with Crippen LogP contribution in [0.15, 0.2) is 23.6 Å². The molecule has 3 rings (SSSR count). The molecule has 24 heavy (non-hydrogen) atoms. The Morgan fingerprint density at radius 1 is 1.29 bits per heavy atom. The third-order valence-corrected chi connectivity index (χ3v) is 5.57. The lowest BCUT2D eigenvalue weighted by molar-refractivity contribution is -0.116. The number of hydrogen-bond acceptors (Lipinski definition) is 3. The first kappa shape index (κ1) is 17.0. The van der Waals surface area contributed by atoms with E-state index in [9.17, 15) is 4.79 Å². The molecule has 0 radical (unpaired) electrons. The molecule has 0 fully saturated rings. The average molecular weight is 343 g/mol. The summed E-state index contributed by atoms with van der Waals surface area (Å²) in [6.45, 7) is 10.3. The summed E-state index contributed by atoms with van der Waals surface area (Å²) in [5.41, 5.74) is 5.95. The summed E-state index contributed by atoms with van der Waals surface area (Å²) in [5.74, 6) is 0.475. The van der Waals surface area contributed by atoms with Crippen molar-refractivity contribution in [2.24, 2.45) is 5.92 Å². The number of thiophene rings is 1. The Labute approximate surface area is 148 Å². The minimum absolute atomic E-state index is 0.102. The van der Waals surface area contributed by atoms with Gasteiger partial charge in [-0.05, 0) is 66.5 Å². The summed E-state index contributed by atoms with van der Waals surface area (Å²) in [6.07, 6.45) is 1.69. The Balaban J connectivity index is 1.79. The first-order valence-electron chi connectivity index (χ1n) is 8.65. The number of anilines is 2. The fourth-order valence-corrected chi connectivity index (χ4v) is 4.24. The molecule has 1 amide bonds. The van der Waals surface area contributed by atoms with E-state index in [1.54, 1.807) is 0 Å². The zero-order valence-electron chi connectivity index (χ0n) is 15.0. The van der Waals surface area contributed by atoms with Gasteiger partial charge in [0.05, 0.1) is 0 Å². The van der Waals surface area contributed by atoms with E-state index in [1.807, 2.05) is 11.3 Å². The van der Waals surface area contributed by atoms with Gasteiger partial charge in [-0.2, -0.15) is 0 Å². The zero-order valence-corrected chi connectivity index (χ0v) is 15.8. The number of aryl methyl sites for hydroxylation is 2. The minimum Gasteiger partial charge on any atom is -0.367 e. The molecule has 0 unspecified atom stereocenters. The number of hydrogen-bond donors (Lipinski definition) is 1. The van der Waals surface area contributed by atoms with Gasteiger partial charge in [0.15, 0.2) is 0 Å². The standard InChI is InChI=1S/C20H26N2OS/c1-13(2)9-19(23)21-20-14(3)10-17(11-15(20)4)22-7-5-18-16(12-22)6-8-24-18/h6,8,10-11,13H,5,7,9,12H2,1-4H3,(H,21,23). The van der Waals surface area contributed by atoms with Crippen molar-refractivity contribution in [2.75, 3.05) is 16.8 Å². The van der Waals surface area contributed by atoms with Crippen LogP contribution in [0.3, 0.4) is 0 Å². The summed E-state index contributed by atoms with van der Waals surface area (Å²) in [7, 11) is 0. The summed E-state index contributed by atoms with van der Waals surface area (Å²) in [4.78, 5) is 16.1. The second-order valence-corrected chi connectivity index (χ2v) is 8.14. The van der Waals surface area contributed by atoms with Crippen LogP contribution in [-0.2, 0) is 17.8 Å². The molecule has 2 aromatic rings. The van der Waals surface area contributed by atoms with Crippen LogP contribution in [0.25, 0.3) is 0 Å². The average Bonchev–Trinajstić information content (AvgIpc) is 2.97. The Morgan fingerprint density at radius 3 is 2.67 bits per heavy atom. The number of carbonyl (C=O) groups is 1. The molecule has 0 spiro atoms. The van der Waals surface area contributed by atoms with Crippen LogP contribution in [0, 0.1) is 19.8 Å². The highest BCUT2D eigenvalue weighted by atomic mass is 32.1. The molecule has 0 atom stereocenters. The van der Waals surface area contributed by atoms with Crippen molar-refractivity contribution >= 4 is 28.6 Å². The monoisotopic (exact) mass is 342 g/mol. The normalized spacial score (nSPS) is 14.0. The van der Waals surface area contributed by atoms with E-state index >= 15 is 0 Å². The SMILES string of the molecule is Cc1cc(N2CCc3sccc3C2)cc(C)c1NC(=O)CC(C)C. The Hall–Kier alpha value is -1.81. The third-order valence-electron chi connectivity index (χ3n) is 4.55. The van der Waals surface area contributed by atoms with Crippen LogP contribution in [0.1, 0.15) is 41.8 Å². The van der Waals surface area contributed by atoms with Crippen LogP contribution in [-0.4, -0.2) is 12.5 Å². The predicted molar refractivity (Wildman–Crippen MR) is 103 cm³/mol. The smallest absolute Gasteiger partial charge is 0.224 e. The van der Waals surface area contributed by atoms with Gasteiger partial charge in [0.2, 0.25) is 5.91 Å². The maximum Gasteiger partial charge on any atom is 0.224 e. The van der Waals surface area contributed by atoms with Crippen molar-refractivity contribution in [3.05, 3.63) is 45.1 Å². The van der Waals surface area contributed by atoms with E-state index in [2.05, 4.69) is 61.5 Å². The fraction of sp³-hybridized carbons (Fsp3) is 0.450. The number of nitrogens with one attached hydrogen (secondary N) is 1. The number of fused-ring (bicyclic) bond motifs is 1. The van der Waals surface area contributed by atoms with Crippen LogP contribution < -0.4 is 10.2 Å². The largest absolute Gasteiger partial charge is 0.367 e. The Kier molecular flexibility index (Phi) is 4.95. The maximum absolute atomic E-state index is 12.1. The van der Waals surface area contributed by atoms with Crippen LogP contribution in [0.2, 0.25) is 0 Å². The maximum atomic E-state index is 12.1. The molecule has 4 heteroatoms. The van der Waals surface area contributed by atoms with E-state index in [-0.39, 0.29) is 5.91 Å². The predicted octanol–water partition coefficient (Wildman–Crippen LogP) is 4.91. The van der Waals surface area contributed by atoms with Crippen molar-refractivity contribution in [2.45, 2.75) is 47.1 Å². The van der Waals surface area contributed by atoms with E-state index in [4.69, 9.17) is 0 Å². The number of rotatable bonds is 4. The molecule has 1 N–H and O–H groups in total. The van der Waals surface area contributed by atoms with E-state index in [0.29, 0.717) is 12.3 Å². The van der Waals surface area contributed by atoms with Crippen LogP contribution in [0.4, 0.5) is 11.4 Å². The van der Waals surface area contributed by atoms with E-state index in [1.165, 1.54) is 16.1 Å². The highest BCUT2D eigenvalue weighted by Gasteiger charge is 2.19. The number of benzene rings is 1. The van der Waals surface area contributed by atoms with E-state index < -0.39 is 0 Å². The van der Waals surface area contributed by atoms with E-state index in [0.717, 1.165) is 36.3 Å². The molecule has 0 saturated heterocycles. The van der Waals surface area contributed by atoms with Crippen molar-refractivity contribution < 1.29 is 4.79 Å². The Morgan fingerprint density at radius 2 is 2.00 bits per heavy atom. The van der Waals surface area contributed by atoms with Gasteiger partial charge in [0, 0.05) is 35.8 Å². The van der Waals surface area contributed by atoms with Gasteiger partial charge < -0.3 is 10.2 Å². The number of nitrogens with zero attached hydrogens (tertiary/aromatic N) is 1. The third kappa shape index (κ3) is 3.64. The lowest BCUT2D eigenvalue weighted by Gasteiger charge is -2.30. The molecular formula is C20H26N2OS. The zero-order chi connectivity index (χ0) is 17.3. The second-order valence-electron chi connectivity index (χ2n) is 7.14. The van der Waals surface area contributed by atoms with Crippen molar-refractivity contribution in [1.82, 2.24) is 0 Å². The van der Waals surface area contributed by atoms with Gasteiger partial charge in [-0.3, -0.25) is 4.79 Å². The molecule has 3 nitrogen and oxygen atoms in total. The highest BCUT2D eigenvalue weighted by Crippen LogP contribution is 2.32. The molecule has 1 aromatic heterocycles. The number of carbonyl (C=O) groups excluding carboxylic acids is 1. The van der Waals surface area contributed by atoms with Gasteiger partial charge in [0.1, 0.15) is 0 Å². The molecular weight excluding hydrogens is 316 g/mol. The lowest BCUT2D eigenvalue weighted by Crippen LogP contribution is -2.29. The fourth-order valence-electron chi connectivity index (χ4n) is 3.35. The van der Waals surface area contributed by atoms with Crippen molar-refractivity contribution in [3.8, 4) is 0 Å². The second kappa shape index (κ2) is 6.98.